The molecule has 0 fully saturated rings. The lowest BCUT2D eigenvalue weighted by molar-refractivity contribution is 1.44. The van der Waals surface area contributed by atoms with Crippen LogP contribution in [0.5, 0.6) is 0 Å². The average Bonchev–Trinajstić information content (AvgIpc) is 2.30. The number of hydrogen-bond donors (Lipinski definition) is 0. The van der Waals surface area contributed by atoms with E-state index in [2.05, 4.69) is 59.8 Å². The van der Waals surface area contributed by atoms with Crippen LogP contribution in [0.1, 0.15) is 18.1 Å². The van der Waals surface area contributed by atoms with Gasteiger partial charge in [-0.1, -0.05) is 70.6 Å². The van der Waals surface area contributed by atoms with E-state index in [0.717, 1.165) is 10.9 Å². The molecule has 0 bridgehead atoms. The Kier molecular flexibility index (Phi) is 5.27. The van der Waals surface area contributed by atoms with Crippen LogP contribution < -0.4 is 0 Å². The summed E-state index contributed by atoms with van der Waals surface area (Å²) in [5.74, 6) is 0. The van der Waals surface area contributed by atoms with Gasteiger partial charge in [-0.25, -0.2) is 0 Å². The smallest absolute Gasteiger partial charge is 0.0288 e. The lowest BCUT2D eigenvalue weighted by Crippen LogP contribution is -1.90. The highest BCUT2D eigenvalue weighted by molar-refractivity contribution is 9.09. The SMILES string of the molecule is C=C(/C(=C\C=C/C)CBr)c1ccc(C)cc1. The zero-order valence-corrected chi connectivity index (χ0v) is 11.4. The largest absolute Gasteiger partial charge is 0.0909 e. The molecule has 0 N–H and O–H groups in total. The number of rotatable bonds is 4. The van der Waals surface area contributed by atoms with Crippen molar-refractivity contribution in [3.05, 3.63) is 65.8 Å². The molecular formula is C15H17Br. The van der Waals surface area contributed by atoms with Gasteiger partial charge in [0.2, 0.25) is 0 Å². The predicted molar refractivity (Wildman–Crippen MR) is 76.9 cm³/mol. The van der Waals surface area contributed by atoms with E-state index in [1.54, 1.807) is 0 Å². The zero-order valence-electron chi connectivity index (χ0n) is 9.83. The molecule has 0 saturated heterocycles. The second-order valence-corrected chi connectivity index (χ2v) is 4.26. The molecular weight excluding hydrogens is 260 g/mol. The van der Waals surface area contributed by atoms with Gasteiger partial charge in [0.1, 0.15) is 0 Å². The summed E-state index contributed by atoms with van der Waals surface area (Å²) in [7, 11) is 0. The second kappa shape index (κ2) is 6.49. The van der Waals surface area contributed by atoms with E-state index in [1.807, 2.05) is 19.1 Å². The van der Waals surface area contributed by atoms with Crippen molar-refractivity contribution < 1.29 is 0 Å². The standard InChI is InChI=1S/C15H17Br/c1-4-5-6-15(11-16)13(3)14-9-7-12(2)8-10-14/h4-10H,3,11H2,1-2H3/b5-4-,15-6-. The van der Waals surface area contributed by atoms with Gasteiger partial charge < -0.3 is 0 Å². The fourth-order valence-corrected chi connectivity index (χ4v) is 1.90. The fourth-order valence-electron chi connectivity index (χ4n) is 1.38. The molecule has 0 spiro atoms. The number of allylic oxidation sites excluding steroid dienone is 5. The Labute approximate surface area is 107 Å². The first kappa shape index (κ1) is 13.0. The highest BCUT2D eigenvalue weighted by Gasteiger charge is 2.03. The quantitative estimate of drug-likeness (QED) is 0.542. The lowest BCUT2D eigenvalue weighted by atomic mass is 9.99. The van der Waals surface area contributed by atoms with Crippen molar-refractivity contribution in [3.8, 4) is 0 Å². The number of halogens is 1. The van der Waals surface area contributed by atoms with Crippen molar-refractivity contribution in [1.29, 1.82) is 0 Å². The average molecular weight is 277 g/mol. The van der Waals surface area contributed by atoms with E-state index in [1.165, 1.54) is 16.7 Å². The second-order valence-electron chi connectivity index (χ2n) is 3.70. The fraction of sp³-hybridized carbons (Fsp3) is 0.200. The molecule has 1 heteroatoms. The van der Waals surface area contributed by atoms with Crippen LogP contribution in [0.15, 0.2) is 54.6 Å². The van der Waals surface area contributed by atoms with Gasteiger partial charge in [-0.15, -0.1) is 0 Å². The predicted octanol–water partition coefficient (Wildman–Crippen LogP) is 4.91. The van der Waals surface area contributed by atoms with Crippen molar-refractivity contribution in [2.45, 2.75) is 13.8 Å². The molecule has 1 aromatic rings. The van der Waals surface area contributed by atoms with Crippen LogP contribution in [0.2, 0.25) is 0 Å². The van der Waals surface area contributed by atoms with Gasteiger partial charge in [0.15, 0.2) is 0 Å². The number of hydrogen-bond acceptors (Lipinski definition) is 0. The van der Waals surface area contributed by atoms with Crippen molar-refractivity contribution in [3.63, 3.8) is 0 Å². The summed E-state index contributed by atoms with van der Waals surface area (Å²) in [4.78, 5) is 0. The van der Waals surface area contributed by atoms with Gasteiger partial charge in [0, 0.05) is 5.33 Å². The molecule has 0 radical (unpaired) electrons. The van der Waals surface area contributed by atoms with Crippen molar-refractivity contribution in [2.75, 3.05) is 5.33 Å². The monoisotopic (exact) mass is 276 g/mol. The van der Waals surface area contributed by atoms with E-state index in [0.29, 0.717) is 0 Å². The summed E-state index contributed by atoms with van der Waals surface area (Å²) in [6, 6.07) is 8.46. The molecule has 0 saturated carbocycles. The molecule has 16 heavy (non-hydrogen) atoms. The topological polar surface area (TPSA) is 0 Å². The van der Waals surface area contributed by atoms with Crippen LogP contribution in [0, 0.1) is 6.92 Å². The van der Waals surface area contributed by atoms with Gasteiger partial charge in [0.25, 0.3) is 0 Å². The highest BCUT2D eigenvalue weighted by Crippen LogP contribution is 2.23. The molecule has 0 aliphatic rings. The van der Waals surface area contributed by atoms with Gasteiger partial charge >= 0.3 is 0 Å². The molecule has 0 aliphatic heterocycles. The third kappa shape index (κ3) is 3.49. The Hall–Kier alpha value is -1.08. The minimum atomic E-state index is 0.823. The third-order valence-corrected chi connectivity index (χ3v) is 3.03. The maximum Gasteiger partial charge on any atom is 0.0288 e. The molecule has 1 rings (SSSR count). The first-order chi connectivity index (χ1) is 7.69. The van der Waals surface area contributed by atoms with Crippen LogP contribution in [-0.2, 0) is 0 Å². The summed E-state index contributed by atoms with van der Waals surface area (Å²) in [5, 5.41) is 0.823. The number of alkyl halides is 1. The molecule has 0 aliphatic carbocycles. The molecule has 0 heterocycles. The minimum absolute atomic E-state index is 0.823. The molecule has 0 aromatic heterocycles. The van der Waals surface area contributed by atoms with Crippen LogP contribution in [0.4, 0.5) is 0 Å². The lowest BCUT2D eigenvalue weighted by Gasteiger charge is -2.08. The Morgan fingerprint density at radius 1 is 1.31 bits per heavy atom. The molecule has 84 valence electrons. The van der Waals surface area contributed by atoms with Gasteiger partial charge in [-0.05, 0) is 30.6 Å². The Morgan fingerprint density at radius 2 is 1.94 bits per heavy atom. The van der Waals surface area contributed by atoms with E-state index >= 15 is 0 Å². The number of aryl methyl sites for hydroxylation is 1. The maximum absolute atomic E-state index is 4.15. The van der Waals surface area contributed by atoms with Crippen LogP contribution in [0.25, 0.3) is 5.57 Å². The molecule has 0 unspecified atom stereocenters. The Morgan fingerprint density at radius 3 is 2.44 bits per heavy atom. The van der Waals surface area contributed by atoms with E-state index < -0.39 is 0 Å². The summed E-state index contributed by atoms with van der Waals surface area (Å²) >= 11 is 3.50. The highest BCUT2D eigenvalue weighted by atomic mass is 79.9. The number of benzene rings is 1. The van der Waals surface area contributed by atoms with Gasteiger partial charge in [0.05, 0.1) is 0 Å². The first-order valence-electron chi connectivity index (χ1n) is 5.33. The van der Waals surface area contributed by atoms with Crippen LogP contribution >= 0.6 is 15.9 Å². The summed E-state index contributed by atoms with van der Waals surface area (Å²) in [5.41, 5.74) is 4.74. The van der Waals surface area contributed by atoms with E-state index in [4.69, 9.17) is 0 Å². The van der Waals surface area contributed by atoms with Gasteiger partial charge in [-0.3, -0.25) is 0 Å². The summed E-state index contributed by atoms with van der Waals surface area (Å²) in [6.45, 7) is 8.25. The Bertz CT molecular complexity index is 408. The first-order valence-corrected chi connectivity index (χ1v) is 6.45. The minimum Gasteiger partial charge on any atom is -0.0909 e. The summed E-state index contributed by atoms with van der Waals surface area (Å²) in [6.07, 6.45) is 6.15. The normalized spacial score (nSPS) is 12.1. The zero-order chi connectivity index (χ0) is 12.0. The molecule has 0 nitrogen and oxygen atoms in total. The van der Waals surface area contributed by atoms with Crippen molar-refractivity contribution in [2.24, 2.45) is 0 Å². The molecule has 0 amide bonds. The van der Waals surface area contributed by atoms with E-state index in [-0.39, 0.29) is 0 Å². The Balaban J connectivity index is 2.95. The van der Waals surface area contributed by atoms with E-state index in [9.17, 15) is 0 Å². The molecule has 1 aromatic carbocycles. The van der Waals surface area contributed by atoms with Crippen molar-refractivity contribution in [1.82, 2.24) is 0 Å². The van der Waals surface area contributed by atoms with Crippen LogP contribution in [0.3, 0.4) is 0 Å². The molecule has 0 atom stereocenters. The van der Waals surface area contributed by atoms with Crippen LogP contribution in [-0.4, -0.2) is 5.33 Å². The third-order valence-electron chi connectivity index (χ3n) is 2.42. The van der Waals surface area contributed by atoms with Crippen molar-refractivity contribution >= 4 is 21.5 Å². The van der Waals surface area contributed by atoms with Gasteiger partial charge in [-0.2, -0.15) is 0 Å². The summed E-state index contributed by atoms with van der Waals surface area (Å²) < 4.78 is 0. The maximum atomic E-state index is 4.15.